The van der Waals surface area contributed by atoms with Crippen LogP contribution in [0.2, 0.25) is 10.0 Å². The van der Waals surface area contributed by atoms with E-state index in [1.54, 1.807) is 12.1 Å². The lowest BCUT2D eigenvalue weighted by molar-refractivity contribution is -0.384. The highest BCUT2D eigenvalue weighted by Gasteiger charge is 2.31. The van der Waals surface area contributed by atoms with Crippen molar-refractivity contribution >= 4 is 61.8 Å². The number of hydrogen-bond acceptors (Lipinski definition) is 11. The average Bonchev–Trinajstić information content (AvgIpc) is 3.21. The van der Waals surface area contributed by atoms with E-state index < -0.39 is 37.3 Å². The SMILES string of the molecule is CN1CCN(Nc2ccc(S(=O)(=O)NC(=O)c3ccc(N4CCN(CC5=C(c6ccc(Cl)cc6)CC(C)(C)CC5)CC4)cc3Oc3cccc(Cl)c3F)cc2[N+](=O)[O-])CC1. The van der Waals surface area contributed by atoms with Crippen LogP contribution in [0.4, 0.5) is 21.5 Å². The molecule has 2 heterocycles. The smallest absolute Gasteiger partial charge is 0.295 e. The zero-order chi connectivity index (χ0) is 42.8. The van der Waals surface area contributed by atoms with Gasteiger partial charge in [-0.25, -0.2) is 22.5 Å². The summed E-state index contributed by atoms with van der Waals surface area (Å²) >= 11 is 12.3. The highest BCUT2D eigenvalue weighted by atomic mass is 35.5. The van der Waals surface area contributed by atoms with Crippen molar-refractivity contribution in [3.8, 4) is 11.5 Å². The number of halogens is 3. The van der Waals surface area contributed by atoms with E-state index in [9.17, 15) is 23.3 Å². The molecule has 0 unspecified atom stereocenters. The fourth-order valence-corrected chi connectivity index (χ4v) is 9.09. The summed E-state index contributed by atoms with van der Waals surface area (Å²) in [6.07, 6.45) is 3.11. The van der Waals surface area contributed by atoms with E-state index in [1.807, 2.05) is 28.9 Å². The molecule has 2 saturated heterocycles. The molecule has 4 aromatic carbocycles. The van der Waals surface area contributed by atoms with Crippen LogP contribution < -0.4 is 19.8 Å². The zero-order valence-corrected chi connectivity index (χ0v) is 36.0. The number of amides is 1. The lowest BCUT2D eigenvalue weighted by Crippen LogP contribution is -2.47. The fraction of sp³-hybridized carbons (Fsp3) is 0.372. The maximum absolute atomic E-state index is 15.2. The second-order valence-corrected chi connectivity index (χ2v) is 18.8. The third kappa shape index (κ3) is 10.2. The molecule has 3 aliphatic rings. The van der Waals surface area contributed by atoms with Gasteiger partial charge in [0.1, 0.15) is 11.4 Å². The summed E-state index contributed by atoms with van der Waals surface area (Å²) < 4.78 is 50.3. The quantitative estimate of drug-likeness (QED) is 0.105. The Kier molecular flexibility index (Phi) is 13.0. The molecule has 1 aliphatic carbocycles. The van der Waals surface area contributed by atoms with Gasteiger partial charge in [0.05, 0.1) is 20.4 Å². The maximum Gasteiger partial charge on any atom is 0.295 e. The Labute approximate surface area is 359 Å². The molecule has 2 fully saturated rings. The summed E-state index contributed by atoms with van der Waals surface area (Å²) in [7, 11) is -2.66. The number of rotatable bonds is 12. The topological polar surface area (TPSA) is 141 Å². The molecular formula is C43H48Cl2FN7O6S. The van der Waals surface area contributed by atoms with Gasteiger partial charge in [-0.3, -0.25) is 19.8 Å². The number of hydrazine groups is 1. The van der Waals surface area contributed by atoms with Crippen LogP contribution >= 0.6 is 23.2 Å². The van der Waals surface area contributed by atoms with E-state index in [1.165, 1.54) is 53.1 Å². The van der Waals surface area contributed by atoms with Gasteiger partial charge in [0, 0.05) is 81.7 Å². The van der Waals surface area contributed by atoms with Crippen LogP contribution in [-0.4, -0.2) is 100 Å². The van der Waals surface area contributed by atoms with Crippen LogP contribution in [0, 0.1) is 21.3 Å². The second-order valence-electron chi connectivity index (χ2n) is 16.3. The highest BCUT2D eigenvalue weighted by Crippen LogP contribution is 2.43. The number of piperazine rings is 2. The Balaban J connectivity index is 1.10. The normalized spacial score (nSPS) is 18.0. The Bertz CT molecular complexity index is 2400. The lowest BCUT2D eigenvalue weighted by Gasteiger charge is -2.39. The minimum Gasteiger partial charge on any atom is -0.453 e. The van der Waals surface area contributed by atoms with Crippen molar-refractivity contribution < 1.29 is 27.3 Å². The Morgan fingerprint density at radius 1 is 0.917 bits per heavy atom. The molecule has 0 spiro atoms. The molecule has 0 atom stereocenters. The molecule has 7 rings (SSSR count). The molecule has 2 aliphatic heterocycles. The Morgan fingerprint density at radius 3 is 2.33 bits per heavy atom. The monoisotopic (exact) mass is 879 g/mol. The number of nitro benzene ring substituents is 1. The van der Waals surface area contributed by atoms with Crippen LogP contribution in [0.5, 0.6) is 11.5 Å². The van der Waals surface area contributed by atoms with Crippen LogP contribution in [0.1, 0.15) is 49.0 Å². The van der Waals surface area contributed by atoms with Crippen molar-refractivity contribution in [3.63, 3.8) is 0 Å². The molecule has 4 aromatic rings. The van der Waals surface area contributed by atoms with Gasteiger partial charge in [0.15, 0.2) is 11.6 Å². The second kappa shape index (κ2) is 18.1. The van der Waals surface area contributed by atoms with E-state index >= 15 is 4.39 Å². The summed E-state index contributed by atoms with van der Waals surface area (Å²) in [5.74, 6) is -2.30. The summed E-state index contributed by atoms with van der Waals surface area (Å²) in [5.41, 5.74) is 7.35. The number of sulfonamides is 1. The molecule has 17 heteroatoms. The first-order chi connectivity index (χ1) is 28.5. The minimum atomic E-state index is -4.63. The third-order valence-electron chi connectivity index (χ3n) is 11.4. The average molecular weight is 881 g/mol. The number of allylic oxidation sites excluding steroid dienone is 1. The summed E-state index contributed by atoms with van der Waals surface area (Å²) in [5, 5.41) is 14.4. The number of carbonyl (C=O) groups is 1. The van der Waals surface area contributed by atoms with Crippen molar-refractivity contribution in [3.05, 3.63) is 122 Å². The molecule has 1 amide bonds. The first-order valence-corrected chi connectivity index (χ1v) is 22.0. The van der Waals surface area contributed by atoms with E-state index in [4.69, 9.17) is 27.9 Å². The number of ether oxygens (including phenoxy) is 1. The van der Waals surface area contributed by atoms with Gasteiger partial charge in [-0.2, -0.15) is 0 Å². The first-order valence-electron chi connectivity index (χ1n) is 19.8. The zero-order valence-electron chi connectivity index (χ0n) is 33.7. The summed E-state index contributed by atoms with van der Waals surface area (Å²) in [4.78, 5) is 31.4. The van der Waals surface area contributed by atoms with E-state index in [-0.39, 0.29) is 33.2 Å². The number of anilines is 2. The Morgan fingerprint density at radius 2 is 1.63 bits per heavy atom. The van der Waals surface area contributed by atoms with Gasteiger partial charge >= 0.3 is 0 Å². The minimum absolute atomic E-state index is 0.107. The van der Waals surface area contributed by atoms with Crippen molar-refractivity contribution in [2.45, 2.75) is 38.0 Å². The molecule has 60 heavy (non-hydrogen) atoms. The number of nitrogens with one attached hydrogen (secondary N) is 2. The number of hydrogen-bond donors (Lipinski definition) is 2. The van der Waals surface area contributed by atoms with Crippen LogP contribution in [0.25, 0.3) is 5.57 Å². The predicted molar refractivity (Wildman–Crippen MR) is 233 cm³/mol. The molecule has 0 radical (unpaired) electrons. The van der Waals surface area contributed by atoms with Crippen molar-refractivity contribution in [1.82, 2.24) is 19.5 Å². The van der Waals surface area contributed by atoms with E-state index in [0.29, 0.717) is 36.9 Å². The Hall–Kier alpha value is -4.77. The lowest BCUT2D eigenvalue weighted by atomic mass is 9.72. The van der Waals surface area contributed by atoms with Gasteiger partial charge in [0.25, 0.3) is 21.6 Å². The number of benzene rings is 4. The summed E-state index contributed by atoms with van der Waals surface area (Å²) in [6, 6.07) is 20.3. The maximum atomic E-state index is 15.2. The predicted octanol–water partition coefficient (Wildman–Crippen LogP) is 8.31. The fourth-order valence-electron chi connectivity index (χ4n) is 7.81. The van der Waals surface area contributed by atoms with Crippen LogP contribution in [0.3, 0.4) is 0 Å². The first kappa shape index (κ1) is 43.3. The van der Waals surface area contributed by atoms with Gasteiger partial charge in [-0.15, -0.1) is 0 Å². The van der Waals surface area contributed by atoms with Crippen LogP contribution in [-0.2, 0) is 10.0 Å². The van der Waals surface area contributed by atoms with Crippen molar-refractivity contribution in [2.75, 3.05) is 76.3 Å². The van der Waals surface area contributed by atoms with Crippen molar-refractivity contribution in [2.24, 2.45) is 5.41 Å². The number of nitrogens with zero attached hydrogens (tertiary/aromatic N) is 5. The van der Waals surface area contributed by atoms with Crippen LogP contribution in [0.15, 0.2) is 89.3 Å². The third-order valence-corrected chi connectivity index (χ3v) is 13.2. The molecule has 0 bridgehead atoms. The van der Waals surface area contributed by atoms with Gasteiger partial charge in [-0.05, 0) is 91.4 Å². The number of nitro groups is 1. The number of likely N-dealkylation sites (N-methyl/N-ethyl adjacent to an activating group) is 1. The molecule has 0 saturated carbocycles. The van der Waals surface area contributed by atoms with E-state index in [2.05, 4.69) is 46.1 Å². The molecule has 13 nitrogen and oxygen atoms in total. The molecule has 318 valence electrons. The molecular weight excluding hydrogens is 832 g/mol. The molecule has 2 N–H and O–H groups in total. The van der Waals surface area contributed by atoms with E-state index in [0.717, 1.165) is 58.1 Å². The standard InChI is InChI=1S/C43H48Cl2FN7O6S/c1-43(2)16-15-30(35(27-43)29-7-9-31(44)10-8-29)28-50-19-21-51(22-20-50)32-11-13-34(40(25-32)59-39-6-4-5-36(45)41(39)46)42(54)48-60(57,58)33-12-14-37(38(26-33)53(55)56)47-52-23-17-49(3)18-24-52/h4-14,25-26,47H,15-24,27-28H2,1-3H3,(H,48,54). The van der Waals surface area contributed by atoms with Gasteiger partial charge < -0.3 is 20.0 Å². The van der Waals surface area contributed by atoms with Gasteiger partial charge in [0.2, 0.25) is 0 Å². The largest absolute Gasteiger partial charge is 0.453 e. The molecule has 0 aromatic heterocycles. The number of carbonyl (C=O) groups excluding carboxylic acids is 1. The van der Waals surface area contributed by atoms with Crippen molar-refractivity contribution in [1.29, 1.82) is 0 Å². The van der Waals surface area contributed by atoms with Gasteiger partial charge in [-0.1, -0.05) is 60.8 Å². The highest BCUT2D eigenvalue weighted by molar-refractivity contribution is 7.90. The summed E-state index contributed by atoms with van der Waals surface area (Å²) in [6.45, 7) is 11.0.